The zero-order chi connectivity index (χ0) is 14.5. The average molecular weight is 296 g/mol. The van der Waals surface area contributed by atoms with Crippen LogP contribution >= 0.6 is 11.3 Å². The molecule has 0 spiro atoms. The Morgan fingerprint density at radius 1 is 1.55 bits per heavy atom. The first-order valence-corrected chi connectivity index (χ1v) is 7.66. The number of hydrogen-bond donors (Lipinski definition) is 2. The van der Waals surface area contributed by atoms with E-state index in [1.807, 2.05) is 12.3 Å². The minimum absolute atomic E-state index is 0.0367. The van der Waals surface area contributed by atoms with Crippen LogP contribution in [-0.4, -0.2) is 32.1 Å². The minimum atomic E-state index is -0.405. The quantitative estimate of drug-likeness (QED) is 0.836. The molecule has 20 heavy (non-hydrogen) atoms. The number of methoxy groups -OCH3 is 1. The third kappa shape index (κ3) is 3.58. The SMILES string of the molecule is COC(=O)c1scc(C)c1NC(=O)CC1CCCNC1. The summed E-state index contributed by atoms with van der Waals surface area (Å²) in [4.78, 5) is 24.2. The van der Waals surface area contributed by atoms with Crippen LogP contribution < -0.4 is 10.6 Å². The molecule has 1 aromatic rings. The summed E-state index contributed by atoms with van der Waals surface area (Å²) in [7, 11) is 1.34. The molecule has 2 N–H and O–H groups in total. The number of anilines is 1. The summed E-state index contributed by atoms with van der Waals surface area (Å²) in [5, 5.41) is 8.01. The second-order valence-corrected chi connectivity index (χ2v) is 5.96. The number of hydrogen-bond acceptors (Lipinski definition) is 5. The van der Waals surface area contributed by atoms with Gasteiger partial charge in [-0.1, -0.05) is 0 Å². The maximum Gasteiger partial charge on any atom is 0.350 e. The largest absolute Gasteiger partial charge is 0.465 e. The number of amides is 1. The summed E-state index contributed by atoms with van der Waals surface area (Å²) in [5.74, 6) is -0.0626. The fourth-order valence-corrected chi connectivity index (χ4v) is 3.32. The van der Waals surface area contributed by atoms with Gasteiger partial charge in [0.15, 0.2) is 0 Å². The van der Waals surface area contributed by atoms with Crippen molar-refractivity contribution in [1.29, 1.82) is 0 Å². The Bertz CT molecular complexity index is 493. The van der Waals surface area contributed by atoms with Gasteiger partial charge in [0.2, 0.25) is 5.91 Å². The molecule has 1 aliphatic heterocycles. The fraction of sp³-hybridized carbons (Fsp3) is 0.571. The number of nitrogens with one attached hydrogen (secondary N) is 2. The lowest BCUT2D eigenvalue weighted by Crippen LogP contribution is -2.32. The van der Waals surface area contributed by atoms with Crippen LogP contribution in [0.15, 0.2) is 5.38 Å². The normalized spacial score (nSPS) is 18.6. The molecule has 5 nitrogen and oxygen atoms in total. The number of thiophene rings is 1. The third-order valence-electron chi connectivity index (χ3n) is 3.48. The molecule has 2 heterocycles. The highest BCUT2D eigenvalue weighted by Gasteiger charge is 2.21. The van der Waals surface area contributed by atoms with Crippen LogP contribution in [-0.2, 0) is 9.53 Å². The van der Waals surface area contributed by atoms with Crippen LogP contribution in [0, 0.1) is 12.8 Å². The highest BCUT2D eigenvalue weighted by atomic mass is 32.1. The molecule has 1 saturated heterocycles. The molecule has 0 radical (unpaired) electrons. The molecule has 1 unspecified atom stereocenters. The van der Waals surface area contributed by atoms with E-state index in [1.165, 1.54) is 18.4 Å². The highest BCUT2D eigenvalue weighted by molar-refractivity contribution is 7.12. The molecular formula is C14H20N2O3S. The molecule has 1 amide bonds. The molecule has 6 heteroatoms. The number of esters is 1. The van der Waals surface area contributed by atoms with Crippen LogP contribution in [0.4, 0.5) is 5.69 Å². The van der Waals surface area contributed by atoms with E-state index >= 15 is 0 Å². The maximum absolute atomic E-state index is 12.1. The van der Waals surface area contributed by atoms with Crippen molar-refractivity contribution in [3.8, 4) is 0 Å². The summed E-state index contributed by atoms with van der Waals surface area (Å²) in [5.41, 5.74) is 1.49. The van der Waals surface area contributed by atoms with Gasteiger partial charge < -0.3 is 15.4 Å². The van der Waals surface area contributed by atoms with E-state index in [-0.39, 0.29) is 5.91 Å². The number of rotatable bonds is 4. The predicted molar refractivity (Wildman–Crippen MR) is 79.2 cm³/mol. The Hall–Kier alpha value is -1.40. The van der Waals surface area contributed by atoms with E-state index in [4.69, 9.17) is 4.74 Å². The van der Waals surface area contributed by atoms with E-state index in [0.717, 1.165) is 31.5 Å². The molecule has 0 aromatic carbocycles. The lowest BCUT2D eigenvalue weighted by molar-refractivity contribution is -0.117. The molecule has 1 aliphatic rings. The number of ether oxygens (including phenoxy) is 1. The standard InChI is InChI=1S/C14H20N2O3S/c1-9-8-20-13(14(18)19-2)12(9)16-11(17)6-10-4-3-5-15-7-10/h8,10,15H,3-7H2,1-2H3,(H,16,17). The van der Waals surface area contributed by atoms with Crippen molar-refractivity contribution in [2.24, 2.45) is 5.92 Å². The molecule has 0 aliphatic carbocycles. The zero-order valence-electron chi connectivity index (χ0n) is 11.8. The zero-order valence-corrected chi connectivity index (χ0v) is 12.6. The fourth-order valence-electron chi connectivity index (χ4n) is 2.39. The predicted octanol–water partition coefficient (Wildman–Crippen LogP) is 2.17. The van der Waals surface area contributed by atoms with Crippen LogP contribution in [0.1, 0.15) is 34.5 Å². The van der Waals surface area contributed by atoms with Gasteiger partial charge in [0.05, 0.1) is 12.8 Å². The van der Waals surface area contributed by atoms with Gasteiger partial charge in [-0.25, -0.2) is 4.79 Å². The van der Waals surface area contributed by atoms with E-state index < -0.39 is 5.97 Å². The van der Waals surface area contributed by atoms with Gasteiger partial charge in [-0.3, -0.25) is 4.79 Å². The van der Waals surface area contributed by atoms with Gasteiger partial charge in [0.1, 0.15) is 4.88 Å². The first-order valence-electron chi connectivity index (χ1n) is 6.78. The van der Waals surface area contributed by atoms with Gasteiger partial charge in [-0.15, -0.1) is 11.3 Å². The van der Waals surface area contributed by atoms with Crippen molar-refractivity contribution >= 4 is 28.9 Å². The number of carbonyl (C=O) groups excluding carboxylic acids is 2. The van der Waals surface area contributed by atoms with Crippen molar-refractivity contribution in [1.82, 2.24) is 5.32 Å². The highest BCUT2D eigenvalue weighted by Crippen LogP contribution is 2.28. The molecule has 0 bridgehead atoms. The first kappa shape index (κ1) is 15.0. The van der Waals surface area contributed by atoms with Crippen LogP contribution in [0.3, 0.4) is 0 Å². The second-order valence-electron chi connectivity index (χ2n) is 5.08. The van der Waals surface area contributed by atoms with Crippen molar-refractivity contribution in [2.45, 2.75) is 26.2 Å². The van der Waals surface area contributed by atoms with Gasteiger partial charge in [-0.05, 0) is 49.7 Å². The minimum Gasteiger partial charge on any atom is -0.465 e. The number of carbonyl (C=O) groups is 2. The van der Waals surface area contributed by atoms with Gasteiger partial charge in [-0.2, -0.15) is 0 Å². The second kappa shape index (κ2) is 6.85. The summed E-state index contributed by atoms with van der Waals surface area (Å²) < 4.78 is 4.73. The van der Waals surface area contributed by atoms with Crippen molar-refractivity contribution in [2.75, 3.05) is 25.5 Å². The van der Waals surface area contributed by atoms with Crippen molar-refractivity contribution in [3.63, 3.8) is 0 Å². The Labute approximate surface area is 122 Å². The van der Waals surface area contributed by atoms with E-state index in [1.54, 1.807) is 0 Å². The number of aryl methyl sites for hydroxylation is 1. The molecule has 110 valence electrons. The van der Waals surface area contributed by atoms with Crippen LogP contribution in [0.25, 0.3) is 0 Å². The Kier molecular flexibility index (Phi) is 5.14. The summed E-state index contributed by atoms with van der Waals surface area (Å²) in [6.45, 7) is 3.80. The van der Waals surface area contributed by atoms with E-state index in [2.05, 4.69) is 10.6 Å². The number of piperidine rings is 1. The topological polar surface area (TPSA) is 67.4 Å². The lowest BCUT2D eigenvalue weighted by Gasteiger charge is -2.22. The monoisotopic (exact) mass is 296 g/mol. The first-order chi connectivity index (χ1) is 9.61. The summed E-state index contributed by atoms with van der Waals surface area (Å²) in [6, 6.07) is 0. The molecule has 1 fully saturated rings. The average Bonchev–Trinajstić information content (AvgIpc) is 2.80. The molecule has 1 aromatic heterocycles. The summed E-state index contributed by atoms with van der Waals surface area (Å²) in [6.07, 6.45) is 2.68. The Morgan fingerprint density at radius 2 is 2.35 bits per heavy atom. The lowest BCUT2D eigenvalue weighted by atomic mass is 9.96. The molecule has 1 atom stereocenters. The smallest absolute Gasteiger partial charge is 0.350 e. The Morgan fingerprint density at radius 3 is 3.00 bits per heavy atom. The van der Waals surface area contributed by atoms with Gasteiger partial charge in [0.25, 0.3) is 0 Å². The van der Waals surface area contributed by atoms with Crippen LogP contribution in [0.2, 0.25) is 0 Å². The molecule has 2 rings (SSSR count). The van der Waals surface area contributed by atoms with E-state index in [0.29, 0.717) is 22.9 Å². The summed E-state index contributed by atoms with van der Waals surface area (Å²) >= 11 is 1.30. The van der Waals surface area contributed by atoms with Crippen molar-refractivity contribution in [3.05, 3.63) is 15.8 Å². The Balaban J connectivity index is 2.00. The van der Waals surface area contributed by atoms with Crippen molar-refractivity contribution < 1.29 is 14.3 Å². The maximum atomic E-state index is 12.1. The van der Waals surface area contributed by atoms with Gasteiger partial charge in [0, 0.05) is 6.42 Å². The molecular weight excluding hydrogens is 276 g/mol. The van der Waals surface area contributed by atoms with Gasteiger partial charge >= 0.3 is 5.97 Å². The van der Waals surface area contributed by atoms with E-state index in [9.17, 15) is 9.59 Å². The van der Waals surface area contributed by atoms with Crippen LogP contribution in [0.5, 0.6) is 0 Å². The molecule has 0 saturated carbocycles. The third-order valence-corrected chi connectivity index (χ3v) is 4.56.